The van der Waals surface area contributed by atoms with E-state index >= 15 is 0 Å². The maximum absolute atomic E-state index is 8.49. The van der Waals surface area contributed by atoms with Crippen molar-refractivity contribution >= 4 is 23.2 Å². The fraction of sp³-hybridized carbons (Fsp3) is 0. The van der Waals surface area contributed by atoms with Gasteiger partial charge in [0.15, 0.2) is 0 Å². The smallest absolute Gasteiger partial charge is 0.222 e. The molecule has 0 unspecified atom stereocenters. The summed E-state index contributed by atoms with van der Waals surface area (Å²) in [6, 6.07) is 29.6. The molecule has 0 aliphatic carbocycles. The molecule has 0 fully saturated rings. The molecular weight excluding hydrogens is 463 g/mol. The lowest BCUT2D eigenvalue weighted by Crippen LogP contribution is -2.68. The maximum Gasteiger partial charge on any atom is 0.361 e. The average molecular weight is 478 g/mol. The van der Waals surface area contributed by atoms with Crippen molar-refractivity contribution < 1.29 is 33.3 Å². The third kappa shape index (κ3) is 7.02. The molecule has 0 saturated carbocycles. The fourth-order valence-electron chi connectivity index (χ4n) is 2.87. The number of hydrogen-bond donors (Lipinski definition) is 0. The Labute approximate surface area is 191 Å². The molecule has 4 rings (SSSR count). The van der Waals surface area contributed by atoms with Crippen molar-refractivity contribution in [3.63, 3.8) is 0 Å². The molecule has 0 amide bonds. The summed E-state index contributed by atoms with van der Waals surface area (Å²) in [7, 11) is -4.94. The molecule has 4 aromatic rings. The molecule has 3 aromatic carbocycles. The second kappa shape index (κ2) is 10.2. The molecular formula is C23H15Cl3O5. The molecule has 0 N–H and O–H groups in total. The average Bonchev–Trinajstić information content (AvgIpc) is 2.73. The van der Waals surface area contributed by atoms with Crippen LogP contribution in [0.1, 0.15) is 0 Å². The Balaban J connectivity index is 0.000000491. The fourth-order valence-corrected chi connectivity index (χ4v) is 3.39. The van der Waals surface area contributed by atoms with Crippen LogP contribution < -0.4 is 18.6 Å². The standard InChI is InChI=1S/C23H15Cl2O.ClHO4/c24-19-11-12-20(21(25)15-19)18-13-22(16-7-3-1-4-8-16)26-23(14-18)17-9-5-2-6-10-17;2-1(3,4)5/h1-15H;(H,2,3,4,5)/q+1;/p-1. The van der Waals surface area contributed by atoms with Crippen LogP contribution in [0.15, 0.2) is 95.4 Å². The SMILES string of the molecule is Clc1ccc(-c2cc(-c3ccccc3)[o+]c(-c3ccccc3)c2)c(Cl)c1.[O-][Cl+3]([O-])([O-])[O-]. The van der Waals surface area contributed by atoms with Gasteiger partial charge >= 0.3 is 11.5 Å². The summed E-state index contributed by atoms with van der Waals surface area (Å²) >= 11 is 12.5. The van der Waals surface area contributed by atoms with Gasteiger partial charge in [0.25, 0.3) is 0 Å². The third-order valence-corrected chi connectivity index (χ3v) is 4.70. The van der Waals surface area contributed by atoms with Crippen LogP contribution in [0.25, 0.3) is 33.8 Å². The van der Waals surface area contributed by atoms with E-state index in [-0.39, 0.29) is 0 Å². The summed E-state index contributed by atoms with van der Waals surface area (Å²) in [5, 5.41) is 1.23. The summed E-state index contributed by atoms with van der Waals surface area (Å²) in [5.74, 6) is 1.57. The van der Waals surface area contributed by atoms with E-state index in [0.717, 1.165) is 33.8 Å². The van der Waals surface area contributed by atoms with Crippen LogP contribution in [0, 0.1) is 10.2 Å². The molecule has 1 aromatic heterocycles. The van der Waals surface area contributed by atoms with Gasteiger partial charge in [0.05, 0.1) is 23.3 Å². The van der Waals surface area contributed by atoms with Gasteiger partial charge in [-0.25, -0.2) is 23.1 Å². The summed E-state index contributed by atoms with van der Waals surface area (Å²) in [6.07, 6.45) is 0. The molecule has 0 saturated heterocycles. The monoisotopic (exact) mass is 476 g/mol. The predicted molar refractivity (Wildman–Crippen MR) is 109 cm³/mol. The molecule has 0 atom stereocenters. The van der Waals surface area contributed by atoms with Crippen LogP contribution in [0.3, 0.4) is 0 Å². The van der Waals surface area contributed by atoms with Gasteiger partial charge in [-0.15, -0.1) is 10.2 Å². The van der Waals surface area contributed by atoms with Crippen molar-refractivity contribution in [1.82, 2.24) is 0 Å². The maximum atomic E-state index is 8.49. The Morgan fingerprint density at radius 1 is 0.581 bits per heavy atom. The zero-order chi connectivity index (χ0) is 22.4. The second-order valence-corrected chi connectivity index (χ2v) is 7.91. The first kappa shape index (κ1) is 23.2. The van der Waals surface area contributed by atoms with Crippen LogP contribution >= 0.6 is 23.2 Å². The minimum absolute atomic E-state index is 0.613. The van der Waals surface area contributed by atoms with E-state index in [1.54, 1.807) is 6.07 Å². The first-order chi connectivity index (χ1) is 14.7. The topological polar surface area (TPSA) is 104 Å². The summed E-state index contributed by atoms with van der Waals surface area (Å²) < 4.78 is 40.2. The van der Waals surface area contributed by atoms with Crippen molar-refractivity contribution in [3.05, 3.63) is 101 Å². The van der Waals surface area contributed by atoms with Gasteiger partial charge in [-0.1, -0.05) is 65.7 Å². The molecule has 0 aliphatic rings. The number of halogens is 3. The van der Waals surface area contributed by atoms with Gasteiger partial charge < -0.3 is 0 Å². The summed E-state index contributed by atoms with van der Waals surface area (Å²) in [4.78, 5) is 0. The van der Waals surface area contributed by atoms with Crippen molar-refractivity contribution in [3.8, 4) is 33.8 Å². The Kier molecular flexibility index (Phi) is 7.64. The van der Waals surface area contributed by atoms with E-state index in [9.17, 15) is 0 Å². The lowest BCUT2D eigenvalue weighted by Gasteiger charge is -2.17. The van der Waals surface area contributed by atoms with Gasteiger partial charge in [-0.3, -0.25) is 0 Å². The second-order valence-electron chi connectivity index (χ2n) is 6.31. The van der Waals surface area contributed by atoms with Crippen LogP contribution in [-0.2, 0) is 0 Å². The van der Waals surface area contributed by atoms with Gasteiger partial charge in [-0.2, -0.15) is 0 Å². The first-order valence-corrected chi connectivity index (χ1v) is 10.9. The van der Waals surface area contributed by atoms with E-state index in [1.165, 1.54) is 0 Å². The quantitative estimate of drug-likeness (QED) is 0.422. The van der Waals surface area contributed by atoms with Gasteiger partial charge in [0.1, 0.15) is 0 Å². The van der Waals surface area contributed by atoms with Crippen molar-refractivity contribution in [2.24, 2.45) is 0 Å². The van der Waals surface area contributed by atoms with E-state index in [4.69, 9.17) is 46.3 Å². The van der Waals surface area contributed by atoms with Gasteiger partial charge in [0.2, 0.25) is 0 Å². The van der Waals surface area contributed by atoms with E-state index < -0.39 is 10.2 Å². The molecule has 31 heavy (non-hydrogen) atoms. The lowest BCUT2D eigenvalue weighted by atomic mass is 10.0. The summed E-state index contributed by atoms with van der Waals surface area (Å²) in [5.41, 5.74) is 3.92. The minimum atomic E-state index is -4.94. The Hall–Kier alpha value is -2.48. The largest absolute Gasteiger partial charge is 0.361 e. The predicted octanol–water partition coefficient (Wildman–Crippen LogP) is 3.11. The van der Waals surface area contributed by atoms with Crippen LogP contribution in [0.2, 0.25) is 10.0 Å². The molecule has 0 spiro atoms. The highest BCUT2D eigenvalue weighted by Gasteiger charge is 2.21. The number of rotatable bonds is 3. The van der Waals surface area contributed by atoms with E-state index in [0.29, 0.717) is 10.0 Å². The van der Waals surface area contributed by atoms with Crippen molar-refractivity contribution in [1.29, 1.82) is 0 Å². The van der Waals surface area contributed by atoms with E-state index in [1.807, 2.05) is 84.9 Å². The lowest BCUT2D eigenvalue weighted by molar-refractivity contribution is -2.00. The third-order valence-electron chi connectivity index (χ3n) is 4.15. The first-order valence-electron chi connectivity index (χ1n) is 8.87. The Morgan fingerprint density at radius 3 is 1.45 bits per heavy atom. The number of benzene rings is 3. The molecule has 0 aliphatic heterocycles. The normalized spacial score (nSPS) is 10.9. The molecule has 8 heteroatoms. The van der Waals surface area contributed by atoms with Crippen LogP contribution in [-0.4, -0.2) is 0 Å². The number of hydrogen-bond acceptors (Lipinski definition) is 4. The van der Waals surface area contributed by atoms with Gasteiger partial charge in [0, 0.05) is 21.2 Å². The molecule has 1 heterocycles. The summed E-state index contributed by atoms with van der Waals surface area (Å²) in [6.45, 7) is 0. The zero-order valence-corrected chi connectivity index (χ0v) is 18.1. The van der Waals surface area contributed by atoms with Crippen LogP contribution in [0.5, 0.6) is 0 Å². The Bertz CT molecular complexity index is 1080. The molecule has 158 valence electrons. The molecule has 0 radical (unpaired) electrons. The van der Waals surface area contributed by atoms with E-state index in [2.05, 4.69) is 0 Å². The van der Waals surface area contributed by atoms with Crippen molar-refractivity contribution in [2.45, 2.75) is 0 Å². The molecule has 0 bridgehead atoms. The minimum Gasteiger partial charge on any atom is -0.222 e. The highest BCUT2D eigenvalue weighted by Crippen LogP contribution is 2.36. The van der Waals surface area contributed by atoms with Gasteiger partial charge in [-0.05, 0) is 36.4 Å². The highest BCUT2D eigenvalue weighted by atomic mass is 35.7. The zero-order valence-electron chi connectivity index (χ0n) is 15.8. The van der Waals surface area contributed by atoms with Crippen LogP contribution in [0.4, 0.5) is 0 Å². The highest BCUT2D eigenvalue weighted by molar-refractivity contribution is 6.36. The van der Waals surface area contributed by atoms with Crippen molar-refractivity contribution in [2.75, 3.05) is 0 Å². The molecule has 5 nitrogen and oxygen atoms in total. The Morgan fingerprint density at radius 2 is 1.03 bits per heavy atom.